The van der Waals surface area contributed by atoms with Gasteiger partial charge in [0.05, 0.1) is 11.6 Å². The second-order valence-corrected chi connectivity index (χ2v) is 3.84. The maximum absolute atomic E-state index is 6.10. The van der Waals surface area contributed by atoms with Crippen LogP contribution in [0.1, 0.15) is 6.42 Å². The normalized spacial score (nSPS) is 10.4. The van der Waals surface area contributed by atoms with Crippen LogP contribution in [0.3, 0.4) is 0 Å². The molecule has 16 heavy (non-hydrogen) atoms. The van der Waals surface area contributed by atoms with Crippen LogP contribution in [0.2, 0.25) is 5.02 Å². The maximum Gasteiger partial charge on any atom is 0.147 e. The molecule has 4 nitrogen and oxygen atoms in total. The number of hydrogen-bond donors (Lipinski definition) is 1. The zero-order chi connectivity index (χ0) is 11.8. The van der Waals surface area contributed by atoms with Gasteiger partial charge in [0.15, 0.2) is 0 Å². The number of ether oxygens (including phenoxy) is 1. The van der Waals surface area contributed by atoms with Gasteiger partial charge in [0, 0.05) is 26.4 Å². The fourth-order valence-electron chi connectivity index (χ4n) is 1.42. The van der Waals surface area contributed by atoms with Gasteiger partial charge in [-0.3, -0.25) is 0 Å². The highest BCUT2D eigenvalue weighted by Gasteiger charge is 2.10. The summed E-state index contributed by atoms with van der Waals surface area (Å²) in [5, 5.41) is 0.663. The summed E-state index contributed by atoms with van der Waals surface area (Å²) < 4.78 is 5.07. The van der Waals surface area contributed by atoms with Gasteiger partial charge in [-0.05, 0) is 25.1 Å². The number of methoxy groups -OCH3 is 1. The van der Waals surface area contributed by atoms with E-state index in [0.29, 0.717) is 18.2 Å². The molecule has 0 aliphatic carbocycles. The number of anilines is 1. The molecular formula is C11H18ClN3O. The standard InChI is InChI=1S/C11H18ClN3O/c1-16-9-8-15(7-3-5-13)11-10(12)4-2-6-14-11/h2,4,6H,3,5,7-9,13H2,1H3. The largest absolute Gasteiger partial charge is 0.383 e. The first-order chi connectivity index (χ1) is 7.79. The predicted octanol–water partition coefficient (Wildman–Crippen LogP) is 1.54. The lowest BCUT2D eigenvalue weighted by atomic mass is 10.3. The van der Waals surface area contributed by atoms with E-state index in [4.69, 9.17) is 22.1 Å². The Morgan fingerprint density at radius 2 is 2.31 bits per heavy atom. The van der Waals surface area contributed by atoms with E-state index in [0.717, 1.165) is 25.3 Å². The second kappa shape index (κ2) is 7.44. The van der Waals surface area contributed by atoms with Crippen molar-refractivity contribution < 1.29 is 4.74 Å². The molecule has 2 N–H and O–H groups in total. The average Bonchev–Trinajstić information content (AvgIpc) is 2.31. The van der Waals surface area contributed by atoms with Crippen molar-refractivity contribution in [2.75, 3.05) is 38.3 Å². The summed E-state index contributed by atoms with van der Waals surface area (Å²) in [7, 11) is 1.68. The summed E-state index contributed by atoms with van der Waals surface area (Å²) in [5.41, 5.74) is 5.51. The Kier molecular flexibility index (Phi) is 6.15. The first kappa shape index (κ1) is 13.2. The molecule has 0 spiro atoms. The van der Waals surface area contributed by atoms with E-state index in [9.17, 15) is 0 Å². The van der Waals surface area contributed by atoms with Crippen LogP contribution in [0.4, 0.5) is 5.82 Å². The highest BCUT2D eigenvalue weighted by molar-refractivity contribution is 6.32. The lowest BCUT2D eigenvalue weighted by Crippen LogP contribution is -2.30. The number of nitrogens with two attached hydrogens (primary N) is 1. The molecule has 0 unspecified atom stereocenters. The maximum atomic E-state index is 6.10. The molecule has 90 valence electrons. The van der Waals surface area contributed by atoms with Gasteiger partial charge in [0.2, 0.25) is 0 Å². The van der Waals surface area contributed by atoms with Gasteiger partial charge in [-0.25, -0.2) is 4.98 Å². The quantitative estimate of drug-likeness (QED) is 0.789. The minimum absolute atomic E-state index is 0.650. The van der Waals surface area contributed by atoms with Crippen LogP contribution in [0, 0.1) is 0 Å². The number of hydrogen-bond acceptors (Lipinski definition) is 4. The molecule has 1 aromatic rings. The minimum atomic E-state index is 0.650. The van der Waals surface area contributed by atoms with Gasteiger partial charge in [-0.15, -0.1) is 0 Å². The van der Waals surface area contributed by atoms with Gasteiger partial charge < -0.3 is 15.4 Å². The average molecular weight is 244 g/mol. The molecule has 0 saturated heterocycles. The highest BCUT2D eigenvalue weighted by atomic mass is 35.5. The Bertz CT molecular complexity index is 301. The lowest BCUT2D eigenvalue weighted by molar-refractivity contribution is 0.205. The van der Waals surface area contributed by atoms with E-state index in [-0.39, 0.29) is 0 Å². The molecule has 0 saturated carbocycles. The smallest absolute Gasteiger partial charge is 0.147 e. The van der Waals surface area contributed by atoms with Crippen LogP contribution in [0.5, 0.6) is 0 Å². The van der Waals surface area contributed by atoms with Crippen molar-refractivity contribution in [3.05, 3.63) is 23.4 Å². The molecule has 0 aliphatic rings. The summed E-state index contributed by atoms with van der Waals surface area (Å²) in [4.78, 5) is 6.38. The third-order valence-corrected chi connectivity index (χ3v) is 2.53. The topological polar surface area (TPSA) is 51.4 Å². The van der Waals surface area contributed by atoms with E-state index in [1.54, 1.807) is 13.3 Å². The Morgan fingerprint density at radius 1 is 1.50 bits per heavy atom. The third kappa shape index (κ3) is 3.96. The van der Waals surface area contributed by atoms with Crippen molar-refractivity contribution in [2.45, 2.75) is 6.42 Å². The summed E-state index contributed by atoms with van der Waals surface area (Å²) in [5.74, 6) is 0.801. The van der Waals surface area contributed by atoms with Crippen molar-refractivity contribution in [2.24, 2.45) is 5.73 Å². The van der Waals surface area contributed by atoms with Crippen LogP contribution in [-0.2, 0) is 4.74 Å². The van der Waals surface area contributed by atoms with Gasteiger partial charge in [0.25, 0.3) is 0 Å². The molecule has 1 aromatic heterocycles. The molecule has 0 amide bonds. The van der Waals surface area contributed by atoms with Crippen molar-refractivity contribution in [1.82, 2.24) is 4.98 Å². The molecule has 0 atom stereocenters. The zero-order valence-corrected chi connectivity index (χ0v) is 10.3. The van der Waals surface area contributed by atoms with Gasteiger partial charge in [0.1, 0.15) is 5.82 Å². The summed E-state index contributed by atoms with van der Waals surface area (Å²) in [6.07, 6.45) is 2.65. The van der Waals surface area contributed by atoms with E-state index >= 15 is 0 Å². The van der Waals surface area contributed by atoms with Crippen molar-refractivity contribution >= 4 is 17.4 Å². The molecule has 0 aliphatic heterocycles. The Hall–Kier alpha value is -0.840. The molecule has 5 heteroatoms. The number of halogens is 1. The van der Waals surface area contributed by atoms with Crippen molar-refractivity contribution in [3.8, 4) is 0 Å². The lowest BCUT2D eigenvalue weighted by Gasteiger charge is -2.23. The summed E-state index contributed by atoms with van der Waals surface area (Å²) >= 11 is 6.10. The molecular weight excluding hydrogens is 226 g/mol. The fraction of sp³-hybridized carbons (Fsp3) is 0.545. The summed E-state index contributed by atoms with van der Waals surface area (Å²) in [6, 6.07) is 3.66. The van der Waals surface area contributed by atoms with Crippen molar-refractivity contribution in [1.29, 1.82) is 0 Å². The second-order valence-electron chi connectivity index (χ2n) is 3.43. The predicted molar refractivity (Wildman–Crippen MR) is 67.0 cm³/mol. The number of aromatic nitrogens is 1. The molecule has 0 bridgehead atoms. The molecule has 1 rings (SSSR count). The number of pyridine rings is 1. The third-order valence-electron chi connectivity index (χ3n) is 2.24. The Morgan fingerprint density at radius 3 is 2.94 bits per heavy atom. The first-order valence-electron chi connectivity index (χ1n) is 5.34. The van der Waals surface area contributed by atoms with Crippen LogP contribution < -0.4 is 10.6 Å². The Balaban J connectivity index is 2.70. The van der Waals surface area contributed by atoms with E-state index in [1.165, 1.54) is 0 Å². The molecule has 0 fully saturated rings. The Labute approximate surface area is 101 Å². The van der Waals surface area contributed by atoms with E-state index in [1.807, 2.05) is 12.1 Å². The monoisotopic (exact) mass is 243 g/mol. The summed E-state index contributed by atoms with van der Waals surface area (Å²) in [6.45, 7) is 2.93. The number of rotatable bonds is 7. The highest BCUT2D eigenvalue weighted by Crippen LogP contribution is 2.22. The number of nitrogens with zero attached hydrogens (tertiary/aromatic N) is 2. The first-order valence-corrected chi connectivity index (χ1v) is 5.72. The molecule has 0 radical (unpaired) electrons. The van der Waals surface area contributed by atoms with E-state index < -0.39 is 0 Å². The molecule has 0 aromatic carbocycles. The fourth-order valence-corrected chi connectivity index (χ4v) is 1.66. The van der Waals surface area contributed by atoms with Crippen LogP contribution >= 0.6 is 11.6 Å². The van der Waals surface area contributed by atoms with Crippen molar-refractivity contribution in [3.63, 3.8) is 0 Å². The zero-order valence-electron chi connectivity index (χ0n) is 9.53. The SMILES string of the molecule is COCCN(CCCN)c1ncccc1Cl. The van der Waals surface area contributed by atoms with Gasteiger partial charge >= 0.3 is 0 Å². The molecule has 1 heterocycles. The van der Waals surface area contributed by atoms with Crippen LogP contribution in [-0.4, -0.2) is 38.3 Å². The van der Waals surface area contributed by atoms with E-state index in [2.05, 4.69) is 9.88 Å². The van der Waals surface area contributed by atoms with Gasteiger partial charge in [-0.1, -0.05) is 11.6 Å². The minimum Gasteiger partial charge on any atom is -0.383 e. The van der Waals surface area contributed by atoms with Crippen LogP contribution in [0.25, 0.3) is 0 Å². The van der Waals surface area contributed by atoms with Gasteiger partial charge in [-0.2, -0.15) is 0 Å². The van der Waals surface area contributed by atoms with Crippen LogP contribution in [0.15, 0.2) is 18.3 Å².